The summed E-state index contributed by atoms with van der Waals surface area (Å²) in [7, 11) is -3.75. The molecule has 2 aromatic carbocycles. The number of hydrogen-bond acceptors (Lipinski definition) is 3. The predicted molar refractivity (Wildman–Crippen MR) is 115 cm³/mol. The molecule has 1 aliphatic carbocycles. The number of fused-ring (bicyclic) bond motifs is 1. The second kappa shape index (κ2) is 7.82. The van der Waals surface area contributed by atoms with E-state index in [9.17, 15) is 13.2 Å². The van der Waals surface area contributed by atoms with E-state index in [-0.39, 0.29) is 22.9 Å². The molecule has 6 heteroatoms. The van der Waals surface area contributed by atoms with Gasteiger partial charge in [0.05, 0.1) is 10.6 Å². The van der Waals surface area contributed by atoms with Gasteiger partial charge in [-0.2, -0.15) is 0 Å². The number of para-hydroxylation sites is 1. The minimum absolute atomic E-state index is 0.155. The number of carbonyl (C=O) groups is 1. The van der Waals surface area contributed by atoms with Crippen LogP contribution in [0.15, 0.2) is 53.4 Å². The first-order valence-corrected chi connectivity index (χ1v) is 11.8. The van der Waals surface area contributed by atoms with Crippen molar-refractivity contribution in [3.05, 3.63) is 59.7 Å². The second-order valence-electron chi connectivity index (χ2n) is 8.35. The van der Waals surface area contributed by atoms with Crippen molar-refractivity contribution < 1.29 is 13.2 Å². The van der Waals surface area contributed by atoms with E-state index >= 15 is 0 Å². The minimum Gasteiger partial charge on any atom is -0.349 e. The first-order chi connectivity index (χ1) is 13.9. The van der Waals surface area contributed by atoms with Crippen LogP contribution in [0.4, 0.5) is 5.69 Å². The number of sulfonamides is 1. The van der Waals surface area contributed by atoms with Crippen LogP contribution in [0.1, 0.15) is 55.5 Å². The van der Waals surface area contributed by atoms with Crippen LogP contribution in [0.5, 0.6) is 0 Å². The molecule has 2 aliphatic rings. The summed E-state index contributed by atoms with van der Waals surface area (Å²) >= 11 is 0. The van der Waals surface area contributed by atoms with Crippen LogP contribution < -0.4 is 9.62 Å². The van der Waals surface area contributed by atoms with Crippen molar-refractivity contribution >= 4 is 21.6 Å². The van der Waals surface area contributed by atoms with Crippen molar-refractivity contribution in [2.75, 3.05) is 4.31 Å². The van der Waals surface area contributed by atoms with E-state index in [2.05, 4.69) is 12.2 Å². The van der Waals surface area contributed by atoms with E-state index in [0.717, 1.165) is 30.5 Å². The van der Waals surface area contributed by atoms with Crippen molar-refractivity contribution in [3.63, 3.8) is 0 Å². The zero-order chi connectivity index (χ0) is 20.6. The maximum Gasteiger partial charge on any atom is 0.264 e. The summed E-state index contributed by atoms with van der Waals surface area (Å²) in [5.41, 5.74) is 2.15. The largest absolute Gasteiger partial charge is 0.349 e. The van der Waals surface area contributed by atoms with Crippen LogP contribution in [-0.2, 0) is 16.4 Å². The van der Waals surface area contributed by atoms with Crippen LogP contribution in [0.3, 0.4) is 0 Å². The highest BCUT2D eigenvalue weighted by Crippen LogP contribution is 2.36. The van der Waals surface area contributed by atoms with Gasteiger partial charge in [-0.05, 0) is 61.9 Å². The summed E-state index contributed by atoms with van der Waals surface area (Å²) in [6, 6.07) is 14.0. The Bertz CT molecular complexity index is 1020. The molecule has 1 saturated carbocycles. The van der Waals surface area contributed by atoms with Crippen LogP contribution in [-0.4, -0.2) is 26.4 Å². The number of anilines is 1. The summed E-state index contributed by atoms with van der Waals surface area (Å²) in [6.45, 7) is 4.08. The molecule has 154 valence electrons. The number of nitrogens with zero attached hydrogens (tertiary/aromatic N) is 1. The third-order valence-corrected chi connectivity index (χ3v) is 8.15. The number of rotatable bonds is 4. The van der Waals surface area contributed by atoms with Gasteiger partial charge in [0.2, 0.25) is 0 Å². The summed E-state index contributed by atoms with van der Waals surface area (Å²) in [4.78, 5) is 13.0. The lowest BCUT2D eigenvalue weighted by molar-refractivity contribution is 0.0910. The van der Waals surface area contributed by atoms with Gasteiger partial charge in [-0.3, -0.25) is 9.10 Å². The molecule has 29 heavy (non-hydrogen) atoms. The van der Waals surface area contributed by atoms with E-state index in [1.807, 2.05) is 31.2 Å². The summed E-state index contributed by atoms with van der Waals surface area (Å²) in [5.74, 6) is 0.247. The topological polar surface area (TPSA) is 66.5 Å². The zero-order valence-electron chi connectivity index (χ0n) is 17.0. The molecule has 1 fully saturated rings. The molecule has 0 bridgehead atoms. The fourth-order valence-corrected chi connectivity index (χ4v) is 6.34. The van der Waals surface area contributed by atoms with Crippen LogP contribution >= 0.6 is 0 Å². The van der Waals surface area contributed by atoms with Gasteiger partial charge in [0.1, 0.15) is 0 Å². The van der Waals surface area contributed by atoms with Crippen molar-refractivity contribution in [3.8, 4) is 0 Å². The third kappa shape index (κ3) is 3.78. The van der Waals surface area contributed by atoms with Gasteiger partial charge in [-0.25, -0.2) is 8.42 Å². The van der Waals surface area contributed by atoms with Crippen LogP contribution in [0.25, 0.3) is 0 Å². The average molecular weight is 413 g/mol. The maximum absolute atomic E-state index is 13.4. The highest BCUT2D eigenvalue weighted by atomic mass is 32.2. The Morgan fingerprint density at radius 1 is 1.03 bits per heavy atom. The van der Waals surface area contributed by atoms with Crippen LogP contribution in [0, 0.1) is 5.92 Å². The van der Waals surface area contributed by atoms with E-state index in [0.29, 0.717) is 17.9 Å². The first-order valence-electron chi connectivity index (χ1n) is 10.4. The van der Waals surface area contributed by atoms with Crippen molar-refractivity contribution in [1.29, 1.82) is 0 Å². The lowest BCUT2D eigenvalue weighted by Gasteiger charge is -2.29. The molecular formula is C23H28N2O3S. The predicted octanol–water partition coefficient (Wildman–Crippen LogP) is 4.14. The first kappa shape index (κ1) is 20.0. The van der Waals surface area contributed by atoms with Crippen LogP contribution in [0.2, 0.25) is 0 Å². The molecule has 4 rings (SSSR count). The van der Waals surface area contributed by atoms with Gasteiger partial charge in [0.25, 0.3) is 15.9 Å². The smallest absolute Gasteiger partial charge is 0.264 e. The molecule has 1 amide bonds. The number of nitrogens with one attached hydrogen (secondary N) is 1. The van der Waals surface area contributed by atoms with Crippen molar-refractivity contribution in [2.45, 2.75) is 62.9 Å². The molecule has 0 unspecified atom stereocenters. The fourth-order valence-electron chi connectivity index (χ4n) is 4.60. The Kier molecular flexibility index (Phi) is 5.38. The van der Waals surface area contributed by atoms with Gasteiger partial charge >= 0.3 is 0 Å². The molecule has 1 aliphatic heterocycles. The molecular weight excluding hydrogens is 384 g/mol. The number of amides is 1. The molecule has 3 atom stereocenters. The highest BCUT2D eigenvalue weighted by Gasteiger charge is 2.36. The SMILES string of the molecule is C[C@@H]1Cc2ccccc2N1S(=O)(=O)c1cccc(C(=O)N[C@@H]2CCCC[C@@H]2C)c1. The normalized spacial score (nSPS) is 24.2. The molecule has 0 saturated heterocycles. The molecule has 0 radical (unpaired) electrons. The Labute approximate surface area is 173 Å². The fraction of sp³-hybridized carbons (Fsp3) is 0.435. The maximum atomic E-state index is 13.4. The summed E-state index contributed by atoms with van der Waals surface area (Å²) in [5, 5.41) is 3.11. The van der Waals surface area contributed by atoms with E-state index < -0.39 is 10.0 Å². The van der Waals surface area contributed by atoms with E-state index in [4.69, 9.17) is 0 Å². The highest BCUT2D eigenvalue weighted by molar-refractivity contribution is 7.92. The summed E-state index contributed by atoms with van der Waals surface area (Å²) < 4.78 is 28.3. The number of benzene rings is 2. The Morgan fingerprint density at radius 3 is 2.59 bits per heavy atom. The molecule has 0 aromatic heterocycles. The third-order valence-electron chi connectivity index (χ3n) is 6.23. The van der Waals surface area contributed by atoms with Gasteiger partial charge < -0.3 is 5.32 Å². The van der Waals surface area contributed by atoms with Gasteiger partial charge in [0.15, 0.2) is 0 Å². The minimum atomic E-state index is -3.75. The second-order valence-corrected chi connectivity index (χ2v) is 10.2. The lowest BCUT2D eigenvalue weighted by atomic mass is 9.86. The standard InChI is InChI=1S/C23H28N2O3S/c1-16-8-3-5-12-21(16)24-23(26)19-10-7-11-20(15-19)29(27,28)25-17(2)14-18-9-4-6-13-22(18)25/h4,6-7,9-11,13,15-17,21H,3,5,8,12,14H2,1-2H3,(H,24,26)/t16-,17+,21+/m0/s1. The molecule has 5 nitrogen and oxygen atoms in total. The average Bonchev–Trinajstić information content (AvgIpc) is 3.06. The van der Waals surface area contributed by atoms with E-state index in [1.54, 1.807) is 18.2 Å². The number of carbonyl (C=O) groups excluding carboxylic acids is 1. The molecule has 1 heterocycles. The Balaban J connectivity index is 1.60. The van der Waals surface area contributed by atoms with Crippen molar-refractivity contribution in [1.82, 2.24) is 5.32 Å². The summed E-state index contributed by atoms with van der Waals surface area (Å²) in [6.07, 6.45) is 5.11. The van der Waals surface area contributed by atoms with Gasteiger partial charge in [-0.15, -0.1) is 0 Å². The monoisotopic (exact) mass is 412 g/mol. The molecule has 2 aromatic rings. The quantitative estimate of drug-likeness (QED) is 0.821. The molecule has 1 N–H and O–H groups in total. The van der Waals surface area contributed by atoms with Gasteiger partial charge in [-0.1, -0.05) is 44.0 Å². The Hall–Kier alpha value is -2.34. The number of hydrogen-bond donors (Lipinski definition) is 1. The zero-order valence-corrected chi connectivity index (χ0v) is 17.8. The Morgan fingerprint density at radius 2 is 1.79 bits per heavy atom. The molecule has 0 spiro atoms. The lowest BCUT2D eigenvalue weighted by Crippen LogP contribution is -2.41. The van der Waals surface area contributed by atoms with Crippen molar-refractivity contribution in [2.24, 2.45) is 5.92 Å². The van der Waals surface area contributed by atoms with Gasteiger partial charge in [0, 0.05) is 17.6 Å². The van der Waals surface area contributed by atoms with E-state index in [1.165, 1.54) is 16.8 Å².